The number of imidazole rings is 2. The molecule has 6 aromatic rings. The lowest BCUT2D eigenvalue weighted by molar-refractivity contribution is 0.268. The van der Waals surface area contributed by atoms with Gasteiger partial charge in [0.1, 0.15) is 24.7 Å². The summed E-state index contributed by atoms with van der Waals surface area (Å²) in [7, 11) is 3.29. The number of nitrogens with two attached hydrogens (primary N) is 1. The third-order valence-corrected chi connectivity index (χ3v) is 10.4. The molecule has 2 aromatic carbocycles. The molecule has 8 heterocycles. The molecular weight excluding hydrogens is 748 g/mol. The molecule has 57 heavy (non-hydrogen) atoms. The number of hydrogen-bond donors (Lipinski definition) is 2. The predicted octanol–water partition coefficient (Wildman–Crippen LogP) is 6.35. The average Bonchev–Trinajstić information content (AvgIpc) is 4.07. The zero-order valence-corrected chi connectivity index (χ0v) is 33.1. The number of halogens is 1. The molecule has 0 aliphatic carbocycles. The Morgan fingerprint density at radius 3 is 1.88 bits per heavy atom. The number of rotatable bonds is 6. The number of aryl methyl sites for hydroxylation is 2. The molecule has 4 aliphatic heterocycles. The molecule has 0 saturated carbocycles. The second-order valence-electron chi connectivity index (χ2n) is 14.1. The van der Waals surface area contributed by atoms with Crippen LogP contribution in [0, 0.1) is 13.8 Å². The van der Waals surface area contributed by atoms with Crippen molar-refractivity contribution in [2.24, 2.45) is 0 Å². The first-order valence-electron chi connectivity index (χ1n) is 18.8. The van der Waals surface area contributed by atoms with Crippen LogP contribution < -0.4 is 39.8 Å². The molecule has 2 saturated heterocycles. The van der Waals surface area contributed by atoms with Gasteiger partial charge >= 0.3 is 0 Å². The number of aromatic nitrogens is 8. The number of hydrogen-bond acceptors (Lipinski definition) is 14. The van der Waals surface area contributed by atoms with E-state index in [4.69, 9.17) is 41.3 Å². The molecule has 2 fully saturated rings. The fourth-order valence-corrected chi connectivity index (χ4v) is 7.57. The van der Waals surface area contributed by atoms with Gasteiger partial charge < -0.3 is 48.9 Å². The number of ether oxygens (including phenoxy) is 4. The average molecular weight is 793 g/mol. The molecule has 10 rings (SSSR count). The van der Waals surface area contributed by atoms with Gasteiger partial charge in [0.25, 0.3) is 0 Å². The minimum Gasteiger partial charge on any atom is -0.494 e. The van der Waals surface area contributed by atoms with E-state index in [1.807, 2.05) is 65.7 Å². The van der Waals surface area contributed by atoms with Crippen molar-refractivity contribution in [3.8, 4) is 34.4 Å². The van der Waals surface area contributed by atoms with Crippen LogP contribution in [-0.2, 0) is 0 Å². The molecular formula is C40H45ClN12O4. The Labute approximate surface area is 335 Å². The van der Waals surface area contributed by atoms with Crippen molar-refractivity contribution in [3.05, 3.63) is 90.5 Å². The maximum absolute atomic E-state index is 5.82. The number of nitrogens with zero attached hydrogens (tertiary/aromatic N) is 10. The third-order valence-electron chi connectivity index (χ3n) is 10.2. The van der Waals surface area contributed by atoms with Crippen molar-refractivity contribution >= 4 is 40.6 Å². The fourth-order valence-electron chi connectivity index (χ4n) is 7.44. The molecule has 4 aromatic heterocycles. The fraction of sp³-hybridized carbons (Fsp3) is 0.350. The van der Waals surface area contributed by atoms with Crippen LogP contribution >= 0.6 is 11.6 Å². The second kappa shape index (κ2) is 16.4. The summed E-state index contributed by atoms with van der Waals surface area (Å²) in [5, 5.41) is 3.57. The van der Waals surface area contributed by atoms with Gasteiger partial charge in [-0.05, 0) is 75.4 Å². The lowest BCUT2D eigenvalue weighted by Gasteiger charge is -2.32. The first-order chi connectivity index (χ1) is 27.8. The van der Waals surface area contributed by atoms with Crippen LogP contribution in [0.5, 0.6) is 23.0 Å². The number of methoxy groups -OCH3 is 2. The molecule has 2 unspecified atom stereocenters. The molecule has 4 aliphatic rings. The van der Waals surface area contributed by atoms with Gasteiger partial charge in [-0.1, -0.05) is 0 Å². The van der Waals surface area contributed by atoms with E-state index >= 15 is 0 Å². The summed E-state index contributed by atoms with van der Waals surface area (Å²) in [4.78, 5) is 30.3. The van der Waals surface area contributed by atoms with E-state index in [2.05, 4.69) is 40.0 Å². The first kappa shape index (κ1) is 37.6. The van der Waals surface area contributed by atoms with E-state index in [0.29, 0.717) is 29.0 Å². The monoisotopic (exact) mass is 792 g/mol. The zero-order valence-electron chi connectivity index (χ0n) is 32.3. The van der Waals surface area contributed by atoms with Crippen molar-refractivity contribution in [3.63, 3.8) is 0 Å². The lowest BCUT2D eigenvalue weighted by atomic mass is 10.2. The third kappa shape index (κ3) is 8.17. The number of fused-ring (bicyclic) bond motifs is 6. The van der Waals surface area contributed by atoms with Gasteiger partial charge in [0.05, 0.1) is 74.1 Å². The van der Waals surface area contributed by atoms with Crippen molar-refractivity contribution in [2.75, 3.05) is 61.4 Å². The smallest absolute Gasteiger partial charge is 0.229 e. The van der Waals surface area contributed by atoms with Crippen molar-refractivity contribution in [2.45, 2.75) is 51.6 Å². The Balaban J connectivity index is 0.000000132. The summed E-state index contributed by atoms with van der Waals surface area (Å²) in [6.45, 7) is 7.44. The summed E-state index contributed by atoms with van der Waals surface area (Å²) < 4.78 is 26.1. The van der Waals surface area contributed by atoms with Crippen LogP contribution in [0.25, 0.3) is 11.4 Å². The summed E-state index contributed by atoms with van der Waals surface area (Å²) in [5.74, 6) is 5.28. The Morgan fingerprint density at radius 2 is 1.30 bits per heavy atom. The summed E-state index contributed by atoms with van der Waals surface area (Å²) in [5.41, 5.74) is 11.0. The minimum absolute atomic E-state index is 0.292. The largest absolute Gasteiger partial charge is 0.494 e. The highest BCUT2D eigenvalue weighted by Gasteiger charge is 2.34. The van der Waals surface area contributed by atoms with Gasteiger partial charge in [0.15, 0.2) is 23.1 Å². The number of anilines is 5. The number of benzene rings is 2. The van der Waals surface area contributed by atoms with Crippen LogP contribution in [0.1, 0.15) is 37.1 Å². The highest BCUT2D eigenvalue weighted by Crippen LogP contribution is 2.38. The van der Waals surface area contributed by atoms with Gasteiger partial charge in [0, 0.05) is 49.0 Å². The van der Waals surface area contributed by atoms with Gasteiger partial charge in [-0.3, -0.25) is 0 Å². The molecule has 16 nitrogen and oxygen atoms in total. The molecule has 296 valence electrons. The van der Waals surface area contributed by atoms with Crippen LogP contribution in [0.15, 0.2) is 73.8 Å². The van der Waals surface area contributed by atoms with E-state index in [0.717, 1.165) is 95.8 Å². The lowest BCUT2D eigenvalue weighted by Crippen LogP contribution is -2.38. The first-order valence-corrected chi connectivity index (χ1v) is 19.2. The highest BCUT2D eigenvalue weighted by atomic mass is 35.5. The van der Waals surface area contributed by atoms with Crippen molar-refractivity contribution in [1.82, 2.24) is 39.0 Å². The second-order valence-corrected chi connectivity index (χ2v) is 14.4. The highest BCUT2D eigenvalue weighted by molar-refractivity contribution is 6.28. The molecule has 2 atom stereocenters. The predicted molar refractivity (Wildman–Crippen MR) is 218 cm³/mol. The van der Waals surface area contributed by atoms with Gasteiger partial charge in [-0.25, -0.2) is 19.9 Å². The van der Waals surface area contributed by atoms with Crippen LogP contribution in [0.4, 0.5) is 29.0 Å². The standard InChI is InChI=1S/C20H22N6O2.C11H13N3O.C9H10ClN3O/c1-13-10-25(12-22-13)16-6-5-14(8-17(16)27-2)23-20-21-9-18-19(24-20)26-7-3-4-15(26)11-28-18;1-8-6-14(7-13-8)10-4-3-9(12)5-11(10)15-2;10-9-11-4-7-8(12-9)13-3-1-2-6(13)5-14-7/h5-6,8-10,12,15H,3-4,7,11H2,1-2H3,(H,21,23,24);3-7H,12H2,1-2H3;4,6H,1-3,5H2. The van der Waals surface area contributed by atoms with E-state index in [1.165, 1.54) is 19.3 Å². The Morgan fingerprint density at radius 1 is 0.737 bits per heavy atom. The van der Waals surface area contributed by atoms with Crippen LogP contribution in [-0.4, -0.2) is 91.6 Å². The van der Waals surface area contributed by atoms with Crippen molar-refractivity contribution in [1.29, 1.82) is 0 Å². The SMILES string of the molecule is COc1cc(N)ccc1-n1cnc(C)c1.COc1cc(Nc2ncc3c(n2)N2CCCC2CO3)ccc1-n1cnc(C)c1.Clc1ncc2c(n1)N1CCCC1CO2. The number of nitrogen functional groups attached to an aromatic ring is 1. The zero-order chi connectivity index (χ0) is 39.5. The molecule has 0 radical (unpaired) electrons. The molecule has 0 amide bonds. The van der Waals surface area contributed by atoms with E-state index < -0.39 is 0 Å². The van der Waals surface area contributed by atoms with Gasteiger partial charge in [-0.15, -0.1) is 0 Å². The Hall–Kier alpha value is -6.29. The quantitative estimate of drug-likeness (QED) is 0.141. The van der Waals surface area contributed by atoms with E-state index in [1.54, 1.807) is 45.3 Å². The van der Waals surface area contributed by atoms with Gasteiger partial charge in [-0.2, -0.15) is 9.97 Å². The maximum Gasteiger partial charge on any atom is 0.229 e. The molecule has 3 N–H and O–H groups in total. The van der Waals surface area contributed by atoms with Crippen LogP contribution in [0.2, 0.25) is 5.28 Å². The maximum atomic E-state index is 5.82. The van der Waals surface area contributed by atoms with E-state index in [-0.39, 0.29) is 0 Å². The number of nitrogens with one attached hydrogen (secondary N) is 1. The van der Waals surface area contributed by atoms with Crippen LogP contribution in [0.3, 0.4) is 0 Å². The Bertz CT molecular complexity index is 2350. The van der Waals surface area contributed by atoms with Gasteiger partial charge in [0.2, 0.25) is 11.2 Å². The van der Waals surface area contributed by atoms with E-state index in [9.17, 15) is 0 Å². The topological polar surface area (TPSA) is 169 Å². The summed E-state index contributed by atoms with van der Waals surface area (Å²) >= 11 is 5.76. The summed E-state index contributed by atoms with van der Waals surface area (Å²) in [6, 6.07) is 12.4. The molecule has 0 bridgehead atoms. The molecule has 0 spiro atoms. The minimum atomic E-state index is 0.292. The van der Waals surface area contributed by atoms with Crippen molar-refractivity contribution < 1.29 is 18.9 Å². The normalized spacial score (nSPS) is 17.3. The Kier molecular flexibility index (Phi) is 10.8. The molecule has 17 heteroatoms. The summed E-state index contributed by atoms with van der Waals surface area (Å²) in [6.07, 6.45) is 15.5.